The zero-order valence-corrected chi connectivity index (χ0v) is 41.1. The lowest BCUT2D eigenvalue weighted by atomic mass is 9.80. The number of hydrogen-bond acceptors (Lipinski definition) is 14. The minimum absolute atomic E-state index is 0.0123. The van der Waals surface area contributed by atoms with Gasteiger partial charge < -0.3 is 32.7 Å². The molecular formula is C51H60N7O10P. The van der Waals surface area contributed by atoms with Gasteiger partial charge >= 0.3 is 5.97 Å². The van der Waals surface area contributed by atoms with Crippen molar-refractivity contribution in [3.63, 3.8) is 0 Å². The molecule has 0 aliphatic heterocycles. The molecule has 0 saturated heterocycles. The molecule has 0 aliphatic rings. The number of fused-ring (bicyclic) bond motifs is 1. The van der Waals surface area contributed by atoms with Crippen molar-refractivity contribution in [2.45, 2.75) is 78.0 Å². The number of rotatable bonds is 25. The van der Waals surface area contributed by atoms with Gasteiger partial charge in [-0.2, -0.15) is 10.2 Å². The Labute approximate surface area is 403 Å². The van der Waals surface area contributed by atoms with Crippen molar-refractivity contribution < 1.29 is 42.3 Å². The lowest BCUT2D eigenvalue weighted by Crippen LogP contribution is -2.39. The van der Waals surface area contributed by atoms with Gasteiger partial charge in [-0.25, -0.2) is 14.4 Å². The van der Waals surface area contributed by atoms with Gasteiger partial charge in [0.2, 0.25) is 11.9 Å². The average molecular weight is 962 g/mol. The minimum Gasteiger partial charge on any atom is -0.497 e. The first kappa shape index (κ1) is 51.9. The molecule has 69 heavy (non-hydrogen) atoms. The molecule has 6 aromatic rings. The SMILES string of the molecule is COc1ccc(C(OC[C@H](COP(OCCC#N)N(C(C)C)C(C)C)O[C@H](COC(=O)c2ccccc2)n2cnc3c(=O)[nH]c(NC(=O)C(C)C)nc32)(c2ccccc2)c2ccc(OC)cc2)cc1. The van der Waals surface area contributed by atoms with E-state index in [1.807, 2.05) is 107 Å². The number of carbonyl (C=O) groups excluding carboxylic acids is 2. The number of anilines is 1. The summed E-state index contributed by atoms with van der Waals surface area (Å²) in [5, 5.41) is 12.1. The Hall–Kier alpha value is -6.51. The molecule has 364 valence electrons. The maximum absolute atomic E-state index is 13.6. The summed E-state index contributed by atoms with van der Waals surface area (Å²) in [6, 6.07) is 35.6. The van der Waals surface area contributed by atoms with E-state index < -0.39 is 50.5 Å². The number of ether oxygens (including phenoxy) is 5. The standard InChI is InChI=1S/C51H60N7O10P/c1-34(2)47(59)55-50-54-46-45(48(60)56-50)53-33-57(46)44(32-64-49(61)37-16-11-9-12-17-37)68-43(31-67-69(66-29-15-28-52)58(35(3)4)36(5)6)30-65-51(38-18-13-10-14-19-38,39-20-24-41(62-7)25-21-39)40-22-26-42(63-8)27-23-40/h9-14,16-27,33-36,43-44H,15,29-32H2,1-8H3,(H2,54,55,56,59,60)/t43-,44-,69?/m1/s1. The summed E-state index contributed by atoms with van der Waals surface area (Å²) in [5.41, 5.74) is 0.718. The number of imidazole rings is 1. The van der Waals surface area contributed by atoms with Crippen LogP contribution < -0.4 is 20.3 Å². The number of aromatic amines is 1. The second-order valence-corrected chi connectivity index (χ2v) is 18.2. The monoisotopic (exact) mass is 961 g/mol. The van der Waals surface area contributed by atoms with E-state index in [0.29, 0.717) is 17.1 Å². The molecule has 1 amide bonds. The highest BCUT2D eigenvalue weighted by Crippen LogP contribution is 2.47. The Kier molecular flexibility index (Phi) is 18.6. The van der Waals surface area contributed by atoms with E-state index in [9.17, 15) is 19.6 Å². The molecule has 3 atom stereocenters. The summed E-state index contributed by atoms with van der Waals surface area (Å²) in [4.78, 5) is 51.4. The van der Waals surface area contributed by atoms with E-state index in [-0.39, 0.29) is 61.3 Å². The van der Waals surface area contributed by atoms with Crippen molar-refractivity contribution in [3.8, 4) is 17.6 Å². The molecule has 0 spiro atoms. The molecule has 2 heterocycles. The molecule has 2 aromatic heterocycles. The third-order valence-corrected chi connectivity index (χ3v) is 13.0. The molecule has 6 rings (SSSR count). The fourth-order valence-corrected chi connectivity index (χ4v) is 9.18. The molecular weight excluding hydrogens is 902 g/mol. The molecule has 0 radical (unpaired) electrons. The highest BCUT2D eigenvalue weighted by atomic mass is 31.2. The zero-order chi connectivity index (χ0) is 49.5. The largest absolute Gasteiger partial charge is 0.497 e. The maximum Gasteiger partial charge on any atom is 0.338 e. The summed E-state index contributed by atoms with van der Waals surface area (Å²) in [6.07, 6.45) is -0.698. The summed E-state index contributed by atoms with van der Waals surface area (Å²) in [5.74, 6) is -0.229. The third kappa shape index (κ3) is 13.0. The average Bonchev–Trinajstić information content (AvgIpc) is 3.79. The number of benzene rings is 4. The Morgan fingerprint density at radius 2 is 1.38 bits per heavy atom. The maximum atomic E-state index is 13.6. The molecule has 0 fully saturated rings. The lowest BCUT2D eigenvalue weighted by molar-refractivity contribution is -0.135. The Morgan fingerprint density at radius 3 is 1.93 bits per heavy atom. The summed E-state index contributed by atoms with van der Waals surface area (Å²) < 4.78 is 48.1. The smallest absolute Gasteiger partial charge is 0.338 e. The minimum atomic E-state index is -1.78. The van der Waals surface area contributed by atoms with Crippen molar-refractivity contribution in [1.82, 2.24) is 24.2 Å². The number of aromatic nitrogens is 4. The summed E-state index contributed by atoms with van der Waals surface area (Å²) in [7, 11) is 1.42. The van der Waals surface area contributed by atoms with Gasteiger partial charge in [-0.15, -0.1) is 0 Å². The third-order valence-electron chi connectivity index (χ3n) is 10.9. The number of esters is 1. The van der Waals surface area contributed by atoms with Crippen LogP contribution in [0.2, 0.25) is 0 Å². The number of amides is 1. The van der Waals surface area contributed by atoms with Crippen LogP contribution in [0.25, 0.3) is 11.2 Å². The molecule has 1 unspecified atom stereocenters. The van der Waals surface area contributed by atoms with E-state index >= 15 is 0 Å². The quantitative estimate of drug-likeness (QED) is 0.0239. The number of nitriles is 1. The van der Waals surface area contributed by atoms with Crippen molar-refractivity contribution in [2.75, 3.05) is 46.0 Å². The number of nitrogens with zero attached hydrogens (tertiary/aromatic N) is 5. The fourth-order valence-electron chi connectivity index (χ4n) is 7.55. The van der Waals surface area contributed by atoms with Crippen LogP contribution in [0, 0.1) is 17.2 Å². The molecule has 2 N–H and O–H groups in total. The first-order valence-electron chi connectivity index (χ1n) is 22.6. The Balaban J connectivity index is 1.50. The first-order valence-corrected chi connectivity index (χ1v) is 23.8. The van der Waals surface area contributed by atoms with Gasteiger partial charge in [0.1, 0.15) is 29.8 Å². The van der Waals surface area contributed by atoms with Crippen molar-refractivity contribution in [1.29, 1.82) is 5.26 Å². The van der Waals surface area contributed by atoms with Crippen molar-refractivity contribution >= 4 is 37.5 Å². The first-order chi connectivity index (χ1) is 33.3. The number of H-pyrrole nitrogens is 1. The van der Waals surface area contributed by atoms with Gasteiger partial charge in [-0.3, -0.25) is 24.5 Å². The second kappa shape index (κ2) is 24.7. The van der Waals surface area contributed by atoms with Gasteiger partial charge in [-0.05, 0) is 80.8 Å². The number of carbonyl (C=O) groups is 2. The lowest BCUT2D eigenvalue weighted by Gasteiger charge is -2.38. The molecule has 0 aliphatic carbocycles. The summed E-state index contributed by atoms with van der Waals surface area (Å²) in [6.45, 7) is 11.0. The Bertz CT molecular complexity index is 2620. The van der Waals surface area contributed by atoms with Crippen LogP contribution >= 0.6 is 8.53 Å². The van der Waals surface area contributed by atoms with E-state index in [2.05, 4.69) is 31.0 Å². The van der Waals surface area contributed by atoms with E-state index in [1.165, 1.54) is 10.9 Å². The summed E-state index contributed by atoms with van der Waals surface area (Å²) >= 11 is 0. The highest BCUT2D eigenvalue weighted by molar-refractivity contribution is 7.44. The van der Waals surface area contributed by atoms with Crippen LogP contribution in [-0.2, 0) is 33.7 Å². The Morgan fingerprint density at radius 1 is 0.797 bits per heavy atom. The van der Waals surface area contributed by atoms with Crippen molar-refractivity contribution in [3.05, 3.63) is 148 Å². The topological polar surface area (TPSA) is 201 Å². The number of nitrogens with one attached hydrogen (secondary N) is 2. The normalized spacial score (nSPS) is 13.1. The molecule has 18 heteroatoms. The number of methoxy groups -OCH3 is 2. The van der Waals surface area contributed by atoms with Gasteiger partial charge in [-0.1, -0.05) is 86.6 Å². The van der Waals surface area contributed by atoms with Crippen LogP contribution in [0.1, 0.15) is 81.2 Å². The van der Waals surface area contributed by atoms with E-state index in [1.54, 1.807) is 58.4 Å². The van der Waals surface area contributed by atoms with Gasteiger partial charge in [0, 0.05) is 18.0 Å². The van der Waals surface area contributed by atoms with E-state index in [0.717, 1.165) is 16.7 Å². The molecule has 0 saturated carbocycles. The molecule has 0 bridgehead atoms. The van der Waals surface area contributed by atoms with Crippen LogP contribution in [0.4, 0.5) is 5.95 Å². The van der Waals surface area contributed by atoms with Gasteiger partial charge in [0.05, 0.1) is 58.4 Å². The van der Waals surface area contributed by atoms with E-state index in [4.69, 9.17) is 32.7 Å². The van der Waals surface area contributed by atoms with Gasteiger partial charge in [0.25, 0.3) is 14.1 Å². The molecule has 17 nitrogen and oxygen atoms in total. The fraction of sp³-hybridized carbons (Fsp3) is 0.373. The van der Waals surface area contributed by atoms with Crippen LogP contribution in [0.3, 0.4) is 0 Å². The predicted octanol–water partition coefficient (Wildman–Crippen LogP) is 8.77. The van der Waals surface area contributed by atoms with Crippen molar-refractivity contribution in [2.24, 2.45) is 5.92 Å². The van der Waals surface area contributed by atoms with Crippen LogP contribution in [0.5, 0.6) is 11.5 Å². The zero-order valence-electron chi connectivity index (χ0n) is 40.2. The van der Waals surface area contributed by atoms with Crippen LogP contribution in [0.15, 0.2) is 120 Å². The molecule has 4 aromatic carbocycles. The van der Waals surface area contributed by atoms with Gasteiger partial charge in [0.15, 0.2) is 17.4 Å². The second-order valence-electron chi connectivity index (χ2n) is 16.7. The number of hydrogen-bond donors (Lipinski definition) is 2. The van der Waals surface area contributed by atoms with Crippen LogP contribution in [-0.4, -0.2) is 94.9 Å². The highest BCUT2D eigenvalue weighted by Gasteiger charge is 2.40. The predicted molar refractivity (Wildman–Crippen MR) is 262 cm³/mol.